The molecule has 0 bridgehead atoms. The Morgan fingerprint density at radius 1 is 0.762 bits per heavy atom. The summed E-state index contributed by atoms with van der Waals surface area (Å²) in [4.78, 5) is 0. The molecule has 2 saturated carbocycles. The van der Waals surface area contributed by atoms with Gasteiger partial charge in [-0.3, -0.25) is 0 Å². The van der Waals surface area contributed by atoms with Crippen LogP contribution in [-0.2, 0) is 0 Å². The van der Waals surface area contributed by atoms with Crippen molar-refractivity contribution >= 4 is 0 Å². The molecule has 0 saturated heterocycles. The van der Waals surface area contributed by atoms with Crippen LogP contribution in [0.25, 0.3) is 0 Å². The van der Waals surface area contributed by atoms with Gasteiger partial charge in [0.1, 0.15) is 0 Å². The van der Waals surface area contributed by atoms with Crippen molar-refractivity contribution in [1.82, 2.24) is 0 Å². The molecule has 0 aromatic heterocycles. The van der Waals surface area contributed by atoms with Crippen molar-refractivity contribution < 1.29 is 0 Å². The van der Waals surface area contributed by atoms with Crippen LogP contribution in [0.2, 0.25) is 0 Å². The highest BCUT2D eigenvalue weighted by Gasteiger charge is 2.35. The van der Waals surface area contributed by atoms with Gasteiger partial charge in [0.05, 0.1) is 0 Å². The molecular weight excluding hydrogens is 252 g/mol. The summed E-state index contributed by atoms with van der Waals surface area (Å²) in [5, 5.41) is 0. The first-order valence-electron chi connectivity index (χ1n) is 10.2. The fourth-order valence-corrected chi connectivity index (χ4v) is 5.22. The largest absolute Gasteiger partial charge is 0.0654 e. The molecule has 2 aliphatic rings. The van der Waals surface area contributed by atoms with Gasteiger partial charge in [-0.25, -0.2) is 0 Å². The van der Waals surface area contributed by atoms with Crippen LogP contribution in [0.4, 0.5) is 0 Å². The Morgan fingerprint density at radius 2 is 1.38 bits per heavy atom. The molecule has 0 heteroatoms. The predicted octanol–water partition coefficient (Wildman–Crippen LogP) is 7.37. The summed E-state index contributed by atoms with van der Waals surface area (Å²) in [5.41, 5.74) is 0.699. The number of rotatable bonds is 7. The highest BCUT2D eigenvalue weighted by atomic mass is 14.4. The molecule has 0 spiro atoms. The molecule has 2 rings (SSSR count). The van der Waals surface area contributed by atoms with E-state index in [0.717, 1.165) is 17.8 Å². The Hall–Kier alpha value is 0. The zero-order valence-corrected chi connectivity index (χ0v) is 15.1. The summed E-state index contributed by atoms with van der Waals surface area (Å²) >= 11 is 0. The van der Waals surface area contributed by atoms with Crippen LogP contribution in [0.1, 0.15) is 111 Å². The fraction of sp³-hybridized carbons (Fsp3) is 1.00. The van der Waals surface area contributed by atoms with Gasteiger partial charge in [0.2, 0.25) is 0 Å². The highest BCUT2D eigenvalue weighted by Crippen LogP contribution is 2.47. The summed E-state index contributed by atoms with van der Waals surface area (Å²) in [5.74, 6) is 3.26. The van der Waals surface area contributed by atoms with Crippen LogP contribution in [0.5, 0.6) is 0 Å². The van der Waals surface area contributed by atoms with Crippen LogP contribution in [0.3, 0.4) is 0 Å². The van der Waals surface area contributed by atoms with Gasteiger partial charge in [-0.1, -0.05) is 65.7 Å². The van der Waals surface area contributed by atoms with E-state index in [9.17, 15) is 0 Å². The van der Waals surface area contributed by atoms with E-state index in [1.165, 1.54) is 51.4 Å². The predicted molar refractivity (Wildman–Crippen MR) is 94.6 cm³/mol. The Bertz CT molecular complexity index is 264. The minimum atomic E-state index is 0.699. The smallest absolute Gasteiger partial charge is 0.0326 e. The Balaban J connectivity index is 1.69. The van der Waals surface area contributed by atoms with Gasteiger partial charge in [-0.15, -0.1) is 0 Å². The maximum atomic E-state index is 2.58. The standard InChI is InChI=1S/C21H40/c1-4-6-7-15-21(3)16-13-20(14-17-21)19-11-9-18(8-5-2)10-12-19/h18-20H,4-17H2,1-3H3/t18?,19?,20-,21-. The van der Waals surface area contributed by atoms with E-state index in [-0.39, 0.29) is 0 Å². The van der Waals surface area contributed by atoms with Crippen molar-refractivity contribution in [2.24, 2.45) is 23.2 Å². The zero-order valence-electron chi connectivity index (χ0n) is 15.1. The second-order valence-electron chi connectivity index (χ2n) is 8.67. The summed E-state index contributed by atoms with van der Waals surface area (Å²) < 4.78 is 0. The average Bonchev–Trinajstić information content (AvgIpc) is 2.50. The molecule has 0 heterocycles. The van der Waals surface area contributed by atoms with Crippen LogP contribution >= 0.6 is 0 Å². The maximum absolute atomic E-state index is 2.58. The molecule has 0 radical (unpaired) electrons. The molecular formula is C21H40. The lowest BCUT2D eigenvalue weighted by Crippen LogP contribution is -2.30. The van der Waals surface area contributed by atoms with E-state index < -0.39 is 0 Å². The van der Waals surface area contributed by atoms with E-state index in [4.69, 9.17) is 0 Å². The van der Waals surface area contributed by atoms with Crippen LogP contribution < -0.4 is 0 Å². The molecule has 0 amide bonds. The summed E-state index contributed by atoms with van der Waals surface area (Å²) in [6.45, 7) is 7.26. The van der Waals surface area contributed by atoms with E-state index in [1.807, 2.05) is 0 Å². The molecule has 0 atom stereocenters. The Morgan fingerprint density at radius 3 is 1.95 bits per heavy atom. The molecule has 2 fully saturated rings. The maximum Gasteiger partial charge on any atom is -0.0326 e. The second-order valence-corrected chi connectivity index (χ2v) is 8.67. The van der Waals surface area contributed by atoms with Gasteiger partial charge in [-0.2, -0.15) is 0 Å². The average molecular weight is 293 g/mol. The number of hydrogen-bond acceptors (Lipinski definition) is 0. The Labute approximate surface area is 134 Å². The quantitative estimate of drug-likeness (QED) is 0.430. The second kappa shape index (κ2) is 8.59. The minimum absolute atomic E-state index is 0.699. The zero-order chi connectivity index (χ0) is 15.1. The third-order valence-corrected chi connectivity index (χ3v) is 6.88. The van der Waals surface area contributed by atoms with Crippen LogP contribution in [0, 0.1) is 23.2 Å². The van der Waals surface area contributed by atoms with Gasteiger partial charge >= 0.3 is 0 Å². The molecule has 2 aliphatic carbocycles. The van der Waals surface area contributed by atoms with Crippen LogP contribution in [0.15, 0.2) is 0 Å². The lowest BCUT2D eigenvalue weighted by Gasteiger charge is -2.42. The third kappa shape index (κ3) is 5.29. The van der Waals surface area contributed by atoms with Crippen molar-refractivity contribution in [2.45, 2.75) is 111 Å². The fourth-order valence-electron chi connectivity index (χ4n) is 5.22. The Kier molecular flexibility index (Phi) is 7.10. The topological polar surface area (TPSA) is 0 Å². The van der Waals surface area contributed by atoms with Crippen LogP contribution in [-0.4, -0.2) is 0 Å². The first-order chi connectivity index (χ1) is 10.2. The lowest BCUT2D eigenvalue weighted by atomic mass is 9.63. The molecule has 0 aliphatic heterocycles. The van der Waals surface area contributed by atoms with Crippen molar-refractivity contribution in [3.8, 4) is 0 Å². The number of hydrogen-bond donors (Lipinski definition) is 0. The van der Waals surface area contributed by atoms with E-state index in [0.29, 0.717) is 5.41 Å². The van der Waals surface area contributed by atoms with Crippen molar-refractivity contribution in [3.05, 3.63) is 0 Å². The molecule has 0 N–H and O–H groups in total. The lowest BCUT2D eigenvalue weighted by molar-refractivity contribution is 0.0952. The molecule has 0 aromatic carbocycles. The molecule has 0 aromatic rings. The molecule has 0 nitrogen and oxygen atoms in total. The van der Waals surface area contributed by atoms with E-state index >= 15 is 0 Å². The van der Waals surface area contributed by atoms with Crippen molar-refractivity contribution in [3.63, 3.8) is 0 Å². The van der Waals surface area contributed by atoms with Gasteiger partial charge in [0, 0.05) is 0 Å². The van der Waals surface area contributed by atoms with Gasteiger partial charge < -0.3 is 0 Å². The SMILES string of the molecule is CCCCC[C@]1(C)CC[C@@H](C2CCC(CCC)CC2)CC1. The molecule has 0 unspecified atom stereocenters. The third-order valence-electron chi connectivity index (χ3n) is 6.88. The normalized spacial score (nSPS) is 37.6. The number of unbranched alkanes of at least 4 members (excludes halogenated alkanes) is 2. The minimum Gasteiger partial charge on any atom is -0.0654 e. The first kappa shape index (κ1) is 17.4. The molecule has 21 heavy (non-hydrogen) atoms. The van der Waals surface area contributed by atoms with Gasteiger partial charge in [0.25, 0.3) is 0 Å². The van der Waals surface area contributed by atoms with Gasteiger partial charge in [-0.05, 0) is 68.1 Å². The summed E-state index contributed by atoms with van der Waals surface area (Å²) in [6.07, 6.45) is 21.0. The first-order valence-corrected chi connectivity index (χ1v) is 10.2. The molecule has 124 valence electrons. The highest BCUT2D eigenvalue weighted by molar-refractivity contribution is 4.86. The summed E-state index contributed by atoms with van der Waals surface area (Å²) in [6, 6.07) is 0. The van der Waals surface area contributed by atoms with E-state index in [2.05, 4.69) is 20.8 Å². The van der Waals surface area contributed by atoms with Gasteiger partial charge in [0.15, 0.2) is 0 Å². The van der Waals surface area contributed by atoms with E-state index in [1.54, 1.807) is 38.5 Å². The summed E-state index contributed by atoms with van der Waals surface area (Å²) in [7, 11) is 0. The van der Waals surface area contributed by atoms with Crippen molar-refractivity contribution in [2.75, 3.05) is 0 Å². The van der Waals surface area contributed by atoms with Crippen molar-refractivity contribution in [1.29, 1.82) is 0 Å². The monoisotopic (exact) mass is 292 g/mol.